The Labute approximate surface area is 199 Å². The highest BCUT2D eigenvalue weighted by atomic mass is 19.4. The molecular weight excluding hydrogens is 445 g/mol. The number of alkyl halides is 3. The van der Waals surface area contributed by atoms with E-state index in [4.69, 9.17) is 9.47 Å². The summed E-state index contributed by atoms with van der Waals surface area (Å²) < 4.78 is 49.8. The fourth-order valence-corrected chi connectivity index (χ4v) is 3.58. The number of rotatable bonds is 11. The summed E-state index contributed by atoms with van der Waals surface area (Å²) in [6.45, 7) is 10.0. The average Bonchev–Trinajstić information content (AvgIpc) is 2.77. The SMILES string of the molecule is COc1ccc(NC(=O)C=Cc2cccc(C(F)(F)F)c2)cc1OCCCN(C(C)C)C(C)C. The molecule has 2 rings (SSSR count). The first-order valence-electron chi connectivity index (χ1n) is 11.2. The molecule has 1 N–H and O–H groups in total. The van der Waals surface area contributed by atoms with E-state index in [9.17, 15) is 18.0 Å². The zero-order chi connectivity index (χ0) is 25.3. The molecule has 0 aromatic heterocycles. The first kappa shape index (κ1) is 27.2. The second-order valence-corrected chi connectivity index (χ2v) is 8.44. The van der Waals surface area contributed by atoms with E-state index >= 15 is 0 Å². The quantitative estimate of drug-likeness (QED) is 0.306. The second kappa shape index (κ2) is 12.5. The summed E-state index contributed by atoms with van der Waals surface area (Å²) in [5, 5.41) is 2.70. The molecule has 0 heterocycles. The fraction of sp³-hybridized carbons (Fsp3) is 0.423. The van der Waals surface area contributed by atoms with E-state index in [1.54, 1.807) is 18.2 Å². The van der Waals surface area contributed by atoms with Crippen LogP contribution in [-0.2, 0) is 11.0 Å². The van der Waals surface area contributed by atoms with Gasteiger partial charge in [-0.05, 0) is 70.0 Å². The lowest BCUT2D eigenvalue weighted by molar-refractivity contribution is -0.137. The maximum atomic E-state index is 12.8. The van der Waals surface area contributed by atoms with Crippen LogP contribution in [0.25, 0.3) is 6.08 Å². The molecule has 5 nitrogen and oxygen atoms in total. The molecule has 0 fully saturated rings. The van der Waals surface area contributed by atoms with E-state index in [1.807, 2.05) is 0 Å². The van der Waals surface area contributed by atoms with Crippen LogP contribution < -0.4 is 14.8 Å². The van der Waals surface area contributed by atoms with Crippen LogP contribution >= 0.6 is 0 Å². The minimum Gasteiger partial charge on any atom is -0.493 e. The van der Waals surface area contributed by atoms with Crippen LogP contribution in [0.5, 0.6) is 11.5 Å². The van der Waals surface area contributed by atoms with Crippen LogP contribution in [-0.4, -0.2) is 43.2 Å². The molecule has 0 bridgehead atoms. The fourth-order valence-electron chi connectivity index (χ4n) is 3.58. The average molecular weight is 479 g/mol. The van der Waals surface area contributed by atoms with Gasteiger partial charge in [0.05, 0.1) is 19.3 Å². The Morgan fingerprint density at radius 2 is 1.76 bits per heavy atom. The number of anilines is 1. The van der Waals surface area contributed by atoms with Gasteiger partial charge in [-0.1, -0.05) is 12.1 Å². The summed E-state index contributed by atoms with van der Waals surface area (Å²) in [5.74, 6) is 0.572. The van der Waals surface area contributed by atoms with Crippen LogP contribution in [0.15, 0.2) is 48.5 Å². The molecule has 0 saturated carbocycles. The van der Waals surface area contributed by atoms with Gasteiger partial charge in [-0.15, -0.1) is 0 Å². The minimum absolute atomic E-state index is 0.278. The summed E-state index contributed by atoms with van der Waals surface area (Å²) in [6.07, 6.45) is -1.09. The predicted molar refractivity (Wildman–Crippen MR) is 129 cm³/mol. The van der Waals surface area contributed by atoms with E-state index < -0.39 is 17.6 Å². The topological polar surface area (TPSA) is 50.8 Å². The van der Waals surface area contributed by atoms with Crippen LogP contribution in [0.1, 0.15) is 45.2 Å². The van der Waals surface area contributed by atoms with Crippen LogP contribution in [0.3, 0.4) is 0 Å². The van der Waals surface area contributed by atoms with E-state index in [2.05, 4.69) is 37.9 Å². The lowest BCUT2D eigenvalue weighted by Crippen LogP contribution is -2.38. The molecule has 34 heavy (non-hydrogen) atoms. The second-order valence-electron chi connectivity index (χ2n) is 8.44. The Kier molecular flexibility index (Phi) is 9.98. The van der Waals surface area contributed by atoms with E-state index in [1.165, 1.54) is 31.4 Å². The van der Waals surface area contributed by atoms with Crippen LogP contribution in [0, 0.1) is 0 Å². The van der Waals surface area contributed by atoms with Crippen molar-refractivity contribution < 1.29 is 27.4 Å². The number of hydrogen-bond acceptors (Lipinski definition) is 4. The van der Waals surface area contributed by atoms with Gasteiger partial charge in [0.1, 0.15) is 0 Å². The van der Waals surface area contributed by atoms with Gasteiger partial charge < -0.3 is 14.8 Å². The zero-order valence-electron chi connectivity index (χ0n) is 20.3. The largest absolute Gasteiger partial charge is 0.493 e. The molecule has 0 aliphatic carbocycles. The summed E-state index contributed by atoms with van der Waals surface area (Å²) in [5.41, 5.74) is -0.00189. The third-order valence-corrected chi connectivity index (χ3v) is 5.22. The monoisotopic (exact) mass is 478 g/mol. The molecule has 2 aromatic rings. The van der Waals surface area contributed by atoms with Crippen molar-refractivity contribution in [1.82, 2.24) is 4.90 Å². The maximum Gasteiger partial charge on any atom is 0.416 e. The lowest BCUT2D eigenvalue weighted by Gasteiger charge is -2.30. The molecule has 8 heteroatoms. The van der Waals surface area contributed by atoms with Gasteiger partial charge in [0.15, 0.2) is 11.5 Å². The third kappa shape index (κ3) is 8.41. The van der Waals surface area contributed by atoms with Crippen molar-refractivity contribution in [3.63, 3.8) is 0 Å². The van der Waals surface area contributed by atoms with Crippen molar-refractivity contribution in [2.45, 2.75) is 52.4 Å². The Bertz CT molecular complexity index is 964. The molecule has 0 spiro atoms. The number of nitrogens with zero attached hydrogens (tertiary/aromatic N) is 1. The third-order valence-electron chi connectivity index (χ3n) is 5.22. The molecule has 0 aliphatic rings. The van der Waals surface area contributed by atoms with Gasteiger partial charge >= 0.3 is 6.18 Å². The number of carbonyl (C=O) groups is 1. The van der Waals surface area contributed by atoms with Gasteiger partial charge in [-0.3, -0.25) is 9.69 Å². The normalized spacial score (nSPS) is 12.1. The molecule has 0 unspecified atom stereocenters. The van der Waals surface area contributed by atoms with Crippen molar-refractivity contribution in [3.05, 3.63) is 59.7 Å². The van der Waals surface area contributed by atoms with E-state index in [-0.39, 0.29) is 5.56 Å². The molecule has 0 aliphatic heterocycles. The van der Waals surface area contributed by atoms with Gasteiger partial charge in [0, 0.05) is 36.5 Å². The highest BCUT2D eigenvalue weighted by Crippen LogP contribution is 2.31. The van der Waals surface area contributed by atoms with Crippen molar-refractivity contribution in [2.75, 3.05) is 25.6 Å². The van der Waals surface area contributed by atoms with E-state index in [0.29, 0.717) is 35.9 Å². The number of nitrogens with one attached hydrogen (secondary N) is 1. The summed E-state index contributed by atoms with van der Waals surface area (Å²) in [7, 11) is 1.54. The molecule has 1 amide bonds. The number of amides is 1. The predicted octanol–water partition coefficient (Wildman–Crippen LogP) is 6.25. The van der Waals surface area contributed by atoms with Gasteiger partial charge in [0.2, 0.25) is 5.91 Å². The molecule has 0 saturated heterocycles. The zero-order valence-corrected chi connectivity index (χ0v) is 20.3. The summed E-state index contributed by atoms with van der Waals surface area (Å²) in [6, 6.07) is 10.7. The molecule has 0 radical (unpaired) electrons. The number of halogens is 3. The summed E-state index contributed by atoms with van der Waals surface area (Å²) in [4.78, 5) is 14.7. The van der Waals surface area contributed by atoms with Crippen molar-refractivity contribution in [2.24, 2.45) is 0 Å². The van der Waals surface area contributed by atoms with Crippen molar-refractivity contribution in [3.8, 4) is 11.5 Å². The smallest absolute Gasteiger partial charge is 0.416 e. The van der Waals surface area contributed by atoms with Crippen molar-refractivity contribution in [1.29, 1.82) is 0 Å². The van der Waals surface area contributed by atoms with Crippen LogP contribution in [0.4, 0.5) is 18.9 Å². The van der Waals surface area contributed by atoms with Gasteiger partial charge in [-0.2, -0.15) is 13.2 Å². The Hall–Kier alpha value is -3.00. The lowest BCUT2D eigenvalue weighted by atomic mass is 10.1. The highest BCUT2D eigenvalue weighted by molar-refractivity contribution is 6.02. The Morgan fingerprint density at radius 3 is 2.38 bits per heavy atom. The standard InChI is InChI=1S/C26H33F3N2O3/c1-18(2)31(19(3)4)14-7-15-34-24-17-22(11-12-23(24)33-5)30-25(32)13-10-20-8-6-9-21(16-20)26(27,28)29/h6,8-13,16-19H,7,14-15H2,1-5H3,(H,30,32). The minimum atomic E-state index is -4.44. The number of carbonyl (C=O) groups excluding carboxylic acids is 1. The highest BCUT2D eigenvalue weighted by Gasteiger charge is 2.30. The van der Waals surface area contributed by atoms with Gasteiger partial charge in [0.25, 0.3) is 0 Å². The maximum absolute atomic E-state index is 12.8. The Balaban J connectivity index is 1.99. The van der Waals surface area contributed by atoms with E-state index in [0.717, 1.165) is 25.1 Å². The first-order valence-corrected chi connectivity index (χ1v) is 11.2. The molecule has 2 aromatic carbocycles. The first-order chi connectivity index (χ1) is 16.0. The number of methoxy groups -OCH3 is 1. The number of ether oxygens (including phenoxy) is 2. The van der Waals surface area contributed by atoms with Crippen LogP contribution in [0.2, 0.25) is 0 Å². The number of hydrogen-bond donors (Lipinski definition) is 1. The molecular formula is C26H33F3N2O3. The van der Waals surface area contributed by atoms with Crippen molar-refractivity contribution >= 4 is 17.7 Å². The molecule has 0 atom stereocenters. The molecule has 186 valence electrons. The number of benzene rings is 2. The Morgan fingerprint density at radius 1 is 1.06 bits per heavy atom. The summed E-state index contributed by atoms with van der Waals surface area (Å²) >= 11 is 0. The van der Waals surface area contributed by atoms with Gasteiger partial charge in [-0.25, -0.2) is 0 Å².